The molecule has 2 aromatic carbocycles. The Hall–Kier alpha value is -3.28. The van der Waals surface area contributed by atoms with Gasteiger partial charge in [-0.3, -0.25) is 0 Å². The predicted molar refractivity (Wildman–Crippen MR) is 108 cm³/mol. The molecule has 1 heterocycles. The van der Waals surface area contributed by atoms with Gasteiger partial charge < -0.3 is 20.1 Å². The molecule has 0 aliphatic rings. The molecule has 0 aliphatic heterocycles. The highest BCUT2D eigenvalue weighted by Gasteiger charge is 2.01. The Morgan fingerprint density at radius 2 is 1.41 bits per heavy atom. The highest BCUT2D eigenvalue weighted by molar-refractivity contribution is 5.40. The fraction of sp³-hybridized carbons (Fsp3) is 0.238. The summed E-state index contributed by atoms with van der Waals surface area (Å²) in [6.45, 7) is 1.44. The fourth-order valence-corrected chi connectivity index (χ4v) is 2.59. The Bertz CT molecular complexity index is 836. The monoisotopic (exact) mass is 364 g/mol. The number of rotatable bonds is 9. The van der Waals surface area contributed by atoms with Crippen LogP contribution in [0.3, 0.4) is 0 Å². The molecule has 0 bridgehead atoms. The fourth-order valence-electron chi connectivity index (χ4n) is 2.59. The van der Waals surface area contributed by atoms with Gasteiger partial charge in [-0.05, 0) is 47.9 Å². The Morgan fingerprint density at radius 1 is 0.778 bits per heavy atom. The molecule has 0 radical (unpaired) electrons. The van der Waals surface area contributed by atoms with Crippen LogP contribution in [-0.2, 0) is 13.0 Å². The first-order valence-electron chi connectivity index (χ1n) is 8.83. The molecular weight excluding hydrogens is 340 g/mol. The van der Waals surface area contributed by atoms with Crippen molar-refractivity contribution in [3.63, 3.8) is 0 Å². The van der Waals surface area contributed by atoms with E-state index in [0.29, 0.717) is 12.5 Å². The third-order valence-corrected chi connectivity index (χ3v) is 4.14. The number of benzene rings is 2. The van der Waals surface area contributed by atoms with Gasteiger partial charge in [0.25, 0.3) is 0 Å². The van der Waals surface area contributed by atoms with Gasteiger partial charge >= 0.3 is 0 Å². The minimum atomic E-state index is 0.597. The van der Waals surface area contributed by atoms with E-state index in [1.54, 1.807) is 20.4 Å². The lowest BCUT2D eigenvalue weighted by molar-refractivity contribution is 0.414. The van der Waals surface area contributed by atoms with Gasteiger partial charge in [0, 0.05) is 19.3 Å². The van der Waals surface area contributed by atoms with Gasteiger partial charge in [0.15, 0.2) is 0 Å². The van der Waals surface area contributed by atoms with Crippen LogP contribution in [0.2, 0.25) is 0 Å². The second-order valence-corrected chi connectivity index (χ2v) is 5.99. The van der Waals surface area contributed by atoms with Crippen molar-refractivity contribution < 1.29 is 9.47 Å². The number of nitrogens with zero attached hydrogens (tertiary/aromatic N) is 2. The lowest BCUT2D eigenvalue weighted by Gasteiger charge is -2.09. The van der Waals surface area contributed by atoms with Crippen molar-refractivity contribution in [2.45, 2.75) is 13.0 Å². The van der Waals surface area contributed by atoms with E-state index in [1.165, 1.54) is 5.56 Å². The molecule has 6 heteroatoms. The molecule has 0 fully saturated rings. The Balaban J connectivity index is 1.48. The average Bonchev–Trinajstić information content (AvgIpc) is 2.73. The third kappa shape index (κ3) is 5.60. The highest BCUT2D eigenvalue weighted by Crippen LogP contribution is 2.14. The van der Waals surface area contributed by atoms with Gasteiger partial charge in [-0.25, -0.2) is 4.98 Å². The van der Waals surface area contributed by atoms with Gasteiger partial charge in [0.2, 0.25) is 5.95 Å². The van der Waals surface area contributed by atoms with Crippen LogP contribution in [0.15, 0.2) is 60.8 Å². The largest absolute Gasteiger partial charge is 0.497 e. The summed E-state index contributed by atoms with van der Waals surface area (Å²) in [5.41, 5.74) is 2.38. The van der Waals surface area contributed by atoms with Gasteiger partial charge in [0.05, 0.1) is 14.2 Å². The van der Waals surface area contributed by atoms with Crippen molar-refractivity contribution in [2.24, 2.45) is 0 Å². The maximum Gasteiger partial charge on any atom is 0.224 e. The number of ether oxygens (including phenoxy) is 2. The van der Waals surface area contributed by atoms with Crippen molar-refractivity contribution >= 4 is 11.8 Å². The molecule has 3 aromatic rings. The molecule has 0 amide bonds. The zero-order valence-corrected chi connectivity index (χ0v) is 15.6. The van der Waals surface area contributed by atoms with Crippen LogP contribution < -0.4 is 20.1 Å². The van der Waals surface area contributed by atoms with E-state index in [0.717, 1.165) is 35.8 Å². The maximum absolute atomic E-state index is 5.18. The molecule has 2 N–H and O–H groups in total. The first-order chi connectivity index (χ1) is 13.3. The summed E-state index contributed by atoms with van der Waals surface area (Å²) >= 11 is 0. The third-order valence-electron chi connectivity index (χ3n) is 4.14. The van der Waals surface area contributed by atoms with Crippen LogP contribution in [0.4, 0.5) is 11.8 Å². The molecule has 0 unspecified atom stereocenters. The number of nitrogens with one attached hydrogen (secondary N) is 2. The molecule has 27 heavy (non-hydrogen) atoms. The Labute approximate surface area is 159 Å². The molecule has 0 saturated heterocycles. The molecule has 3 rings (SSSR count). The number of hydrogen-bond donors (Lipinski definition) is 2. The number of aromatic nitrogens is 2. The molecule has 0 atom stereocenters. The summed E-state index contributed by atoms with van der Waals surface area (Å²) in [7, 11) is 3.33. The Kier molecular flexibility index (Phi) is 6.46. The minimum absolute atomic E-state index is 0.597. The van der Waals surface area contributed by atoms with E-state index < -0.39 is 0 Å². The van der Waals surface area contributed by atoms with E-state index in [9.17, 15) is 0 Å². The second kappa shape index (κ2) is 9.43. The van der Waals surface area contributed by atoms with Gasteiger partial charge in [-0.15, -0.1) is 0 Å². The summed E-state index contributed by atoms with van der Waals surface area (Å²) < 4.78 is 10.3. The number of anilines is 2. The molecule has 0 saturated carbocycles. The second-order valence-electron chi connectivity index (χ2n) is 5.99. The molecule has 140 valence electrons. The SMILES string of the molecule is COc1ccc(CCNc2ccnc(NCc3ccc(OC)cc3)n2)cc1. The lowest BCUT2D eigenvalue weighted by Crippen LogP contribution is -2.09. The van der Waals surface area contributed by atoms with E-state index in [-0.39, 0.29) is 0 Å². The van der Waals surface area contributed by atoms with Crippen molar-refractivity contribution in [2.75, 3.05) is 31.4 Å². The minimum Gasteiger partial charge on any atom is -0.497 e. The van der Waals surface area contributed by atoms with Crippen LogP contribution in [0.5, 0.6) is 11.5 Å². The van der Waals surface area contributed by atoms with Gasteiger partial charge in [-0.1, -0.05) is 24.3 Å². The molecule has 0 spiro atoms. The molecule has 0 aliphatic carbocycles. The van der Waals surface area contributed by atoms with Gasteiger partial charge in [-0.2, -0.15) is 4.98 Å². The predicted octanol–water partition coefficient (Wildman–Crippen LogP) is 3.76. The van der Waals surface area contributed by atoms with Crippen molar-refractivity contribution in [3.05, 3.63) is 71.9 Å². The van der Waals surface area contributed by atoms with Crippen LogP contribution in [0, 0.1) is 0 Å². The van der Waals surface area contributed by atoms with Crippen molar-refractivity contribution in [1.82, 2.24) is 9.97 Å². The molecular formula is C21H24N4O2. The van der Waals surface area contributed by atoms with Crippen LogP contribution >= 0.6 is 0 Å². The summed E-state index contributed by atoms with van der Waals surface area (Å²) in [4.78, 5) is 8.77. The molecule has 6 nitrogen and oxygen atoms in total. The summed E-state index contributed by atoms with van der Waals surface area (Å²) in [6.07, 6.45) is 2.65. The maximum atomic E-state index is 5.18. The average molecular weight is 364 g/mol. The number of hydrogen-bond acceptors (Lipinski definition) is 6. The van der Waals surface area contributed by atoms with E-state index in [2.05, 4.69) is 32.7 Å². The first kappa shape index (κ1) is 18.5. The Morgan fingerprint density at radius 3 is 2.04 bits per heavy atom. The van der Waals surface area contributed by atoms with E-state index in [4.69, 9.17) is 9.47 Å². The van der Waals surface area contributed by atoms with Crippen molar-refractivity contribution in [3.8, 4) is 11.5 Å². The summed E-state index contributed by atoms with van der Waals surface area (Å²) in [6, 6.07) is 17.9. The van der Waals surface area contributed by atoms with Gasteiger partial charge in [0.1, 0.15) is 17.3 Å². The standard InChI is InChI=1S/C21H24N4O2/c1-26-18-7-3-16(4-8-18)11-13-22-20-12-14-23-21(25-20)24-15-17-5-9-19(27-2)10-6-17/h3-10,12,14H,11,13,15H2,1-2H3,(H2,22,23,24,25). The molecule has 1 aromatic heterocycles. The normalized spacial score (nSPS) is 10.3. The number of methoxy groups -OCH3 is 2. The highest BCUT2D eigenvalue weighted by atomic mass is 16.5. The topological polar surface area (TPSA) is 68.3 Å². The summed E-state index contributed by atoms with van der Waals surface area (Å²) in [5.74, 6) is 3.11. The zero-order valence-electron chi connectivity index (χ0n) is 15.6. The lowest BCUT2D eigenvalue weighted by atomic mass is 10.1. The van der Waals surface area contributed by atoms with Crippen molar-refractivity contribution in [1.29, 1.82) is 0 Å². The zero-order chi connectivity index (χ0) is 18.9. The van der Waals surface area contributed by atoms with Crippen LogP contribution in [0.1, 0.15) is 11.1 Å². The quantitative estimate of drug-likeness (QED) is 0.603. The smallest absolute Gasteiger partial charge is 0.224 e. The van der Waals surface area contributed by atoms with Crippen LogP contribution in [-0.4, -0.2) is 30.7 Å². The van der Waals surface area contributed by atoms with E-state index in [1.807, 2.05) is 42.5 Å². The first-order valence-corrected chi connectivity index (χ1v) is 8.83. The van der Waals surface area contributed by atoms with Crippen LogP contribution in [0.25, 0.3) is 0 Å². The summed E-state index contributed by atoms with van der Waals surface area (Å²) in [5, 5.41) is 6.58. The van der Waals surface area contributed by atoms with E-state index >= 15 is 0 Å².